The lowest BCUT2D eigenvalue weighted by Gasteiger charge is -2.21. The maximum atomic E-state index is 12.5. The van der Waals surface area contributed by atoms with Crippen molar-refractivity contribution in [1.82, 2.24) is 4.90 Å². The number of hydrogen-bond donors (Lipinski definition) is 2. The summed E-state index contributed by atoms with van der Waals surface area (Å²) in [5, 5.41) is 13.1. The lowest BCUT2D eigenvalue weighted by Crippen LogP contribution is -2.32. The van der Waals surface area contributed by atoms with Crippen molar-refractivity contribution in [3.05, 3.63) is 90.0 Å². The molecule has 3 aromatic carbocycles. The van der Waals surface area contributed by atoms with Crippen molar-refractivity contribution in [3.8, 4) is 11.5 Å². The highest BCUT2D eigenvalue weighted by Crippen LogP contribution is 2.21. The number of nitrogens with zero attached hydrogens (tertiary/aromatic N) is 1. The average Bonchev–Trinajstić information content (AvgIpc) is 2.79. The van der Waals surface area contributed by atoms with Crippen LogP contribution < -0.4 is 14.8 Å². The number of aliphatic hydroxyl groups excluding tert-OH is 1. The van der Waals surface area contributed by atoms with E-state index < -0.39 is 6.10 Å². The molecule has 2 N–H and O–H groups in total. The Hall–Kier alpha value is -3.35. The number of likely N-dealkylation sites (N-methyl/N-ethyl adjacent to an activating group) is 1. The molecule has 0 saturated carbocycles. The van der Waals surface area contributed by atoms with E-state index >= 15 is 0 Å². The molecular weight excluding hydrogens is 392 g/mol. The van der Waals surface area contributed by atoms with E-state index in [2.05, 4.69) is 22.3 Å². The van der Waals surface area contributed by atoms with Gasteiger partial charge in [0.15, 0.2) is 0 Å². The van der Waals surface area contributed by atoms with Crippen molar-refractivity contribution in [2.45, 2.75) is 12.6 Å². The maximum Gasteiger partial charge on any atom is 0.259 e. The van der Waals surface area contributed by atoms with Crippen LogP contribution in [0.15, 0.2) is 78.9 Å². The van der Waals surface area contributed by atoms with E-state index in [-0.39, 0.29) is 12.5 Å². The predicted octanol–water partition coefficient (Wildman–Crippen LogP) is 3.82. The zero-order chi connectivity index (χ0) is 22.1. The Morgan fingerprint density at radius 3 is 2.39 bits per heavy atom. The van der Waals surface area contributed by atoms with Gasteiger partial charge in [0.1, 0.15) is 24.2 Å². The molecule has 0 aliphatic carbocycles. The minimum absolute atomic E-state index is 0.187. The second-order valence-electron chi connectivity index (χ2n) is 7.33. The molecule has 0 radical (unpaired) electrons. The number of nitrogens with one attached hydrogen (secondary N) is 1. The summed E-state index contributed by atoms with van der Waals surface area (Å²) in [6.07, 6.45) is -0.612. The van der Waals surface area contributed by atoms with Gasteiger partial charge >= 0.3 is 0 Å². The van der Waals surface area contributed by atoms with E-state index in [9.17, 15) is 9.90 Å². The number of benzene rings is 3. The number of hydrogen-bond acceptors (Lipinski definition) is 5. The van der Waals surface area contributed by atoms with Gasteiger partial charge in [-0.3, -0.25) is 9.69 Å². The van der Waals surface area contributed by atoms with Crippen molar-refractivity contribution in [2.75, 3.05) is 32.6 Å². The second kappa shape index (κ2) is 11.2. The molecule has 1 unspecified atom stereocenters. The van der Waals surface area contributed by atoms with Crippen LogP contribution in [0.1, 0.15) is 15.9 Å². The van der Waals surface area contributed by atoms with Crippen LogP contribution in [0.3, 0.4) is 0 Å². The molecule has 6 nitrogen and oxygen atoms in total. The number of amides is 1. The Morgan fingerprint density at radius 1 is 1.00 bits per heavy atom. The largest absolute Gasteiger partial charge is 0.496 e. The molecule has 0 aliphatic heterocycles. The monoisotopic (exact) mass is 420 g/mol. The number of methoxy groups -OCH3 is 1. The first kappa shape index (κ1) is 22.3. The summed E-state index contributed by atoms with van der Waals surface area (Å²) >= 11 is 0. The van der Waals surface area contributed by atoms with Crippen molar-refractivity contribution >= 4 is 11.6 Å². The molecule has 6 heteroatoms. The molecule has 0 spiro atoms. The third-order valence-corrected chi connectivity index (χ3v) is 4.72. The molecule has 31 heavy (non-hydrogen) atoms. The maximum absolute atomic E-state index is 12.5. The van der Waals surface area contributed by atoms with Crippen LogP contribution in [0.4, 0.5) is 5.69 Å². The van der Waals surface area contributed by atoms with Gasteiger partial charge in [0.05, 0.1) is 12.7 Å². The van der Waals surface area contributed by atoms with E-state index in [1.165, 1.54) is 12.7 Å². The smallest absolute Gasteiger partial charge is 0.259 e. The summed E-state index contributed by atoms with van der Waals surface area (Å²) in [5.74, 6) is 0.897. The van der Waals surface area contributed by atoms with Crippen molar-refractivity contribution in [1.29, 1.82) is 0 Å². The van der Waals surface area contributed by atoms with Gasteiger partial charge in [-0.25, -0.2) is 0 Å². The Morgan fingerprint density at radius 2 is 1.68 bits per heavy atom. The highest BCUT2D eigenvalue weighted by Gasteiger charge is 2.12. The van der Waals surface area contributed by atoms with Crippen LogP contribution in [0.25, 0.3) is 0 Å². The van der Waals surface area contributed by atoms with Crippen LogP contribution >= 0.6 is 0 Å². The van der Waals surface area contributed by atoms with Crippen LogP contribution in [-0.4, -0.2) is 49.3 Å². The van der Waals surface area contributed by atoms with E-state index in [4.69, 9.17) is 9.47 Å². The lowest BCUT2D eigenvalue weighted by molar-refractivity contribution is 0.0744. The number of carbonyl (C=O) groups excluding carboxylic acids is 1. The summed E-state index contributed by atoms with van der Waals surface area (Å²) in [7, 11) is 3.50. The molecule has 0 aliphatic rings. The van der Waals surface area contributed by atoms with Gasteiger partial charge in [0.2, 0.25) is 0 Å². The van der Waals surface area contributed by atoms with Gasteiger partial charge in [0.25, 0.3) is 5.91 Å². The summed E-state index contributed by atoms with van der Waals surface area (Å²) in [4.78, 5) is 14.5. The molecule has 3 rings (SSSR count). The Labute approximate surface area is 183 Å². The first-order valence-electron chi connectivity index (χ1n) is 10.1. The fourth-order valence-corrected chi connectivity index (χ4v) is 3.23. The third kappa shape index (κ3) is 6.84. The van der Waals surface area contributed by atoms with Gasteiger partial charge in [-0.15, -0.1) is 0 Å². The number of anilines is 1. The first-order chi connectivity index (χ1) is 15.0. The van der Waals surface area contributed by atoms with Crippen molar-refractivity contribution in [2.24, 2.45) is 0 Å². The van der Waals surface area contributed by atoms with Gasteiger partial charge in [0, 0.05) is 18.8 Å². The minimum atomic E-state index is -0.612. The average molecular weight is 421 g/mol. The van der Waals surface area contributed by atoms with Gasteiger partial charge in [-0.05, 0) is 49.0 Å². The SMILES string of the molecule is COc1ccccc1C(=O)Nc1ccc(OCC(O)CN(C)Cc2ccccc2)cc1. The fourth-order valence-electron chi connectivity index (χ4n) is 3.23. The summed E-state index contributed by atoms with van der Waals surface area (Å²) < 4.78 is 10.9. The van der Waals surface area contributed by atoms with Crippen LogP contribution in [0.5, 0.6) is 11.5 Å². The molecule has 3 aromatic rings. The zero-order valence-corrected chi connectivity index (χ0v) is 17.8. The number of aliphatic hydroxyl groups is 1. The molecule has 0 aromatic heterocycles. The molecule has 162 valence electrons. The first-order valence-corrected chi connectivity index (χ1v) is 10.1. The van der Waals surface area contributed by atoms with Crippen LogP contribution in [0.2, 0.25) is 0 Å². The van der Waals surface area contributed by atoms with E-state index in [0.717, 1.165) is 6.54 Å². The predicted molar refractivity (Wildman–Crippen MR) is 122 cm³/mol. The Balaban J connectivity index is 1.46. The van der Waals surface area contributed by atoms with Gasteiger partial charge < -0.3 is 19.9 Å². The van der Waals surface area contributed by atoms with Gasteiger partial charge in [-0.2, -0.15) is 0 Å². The van der Waals surface area contributed by atoms with Crippen molar-refractivity contribution in [3.63, 3.8) is 0 Å². The third-order valence-electron chi connectivity index (χ3n) is 4.72. The fraction of sp³-hybridized carbons (Fsp3) is 0.240. The second-order valence-corrected chi connectivity index (χ2v) is 7.33. The van der Waals surface area contributed by atoms with E-state index in [0.29, 0.717) is 29.3 Å². The topological polar surface area (TPSA) is 71.0 Å². The van der Waals surface area contributed by atoms with Crippen LogP contribution in [-0.2, 0) is 6.54 Å². The summed E-state index contributed by atoms with van der Waals surface area (Å²) in [6, 6.07) is 24.2. The standard InChI is InChI=1S/C25H28N2O4/c1-27(16-19-8-4-3-5-9-19)17-21(28)18-31-22-14-12-20(13-15-22)26-25(29)23-10-6-7-11-24(23)30-2/h3-15,21,28H,16-18H2,1-2H3,(H,26,29). The zero-order valence-electron chi connectivity index (χ0n) is 17.8. The number of carbonyl (C=O) groups is 1. The highest BCUT2D eigenvalue weighted by atomic mass is 16.5. The molecule has 0 bridgehead atoms. The Bertz CT molecular complexity index is 961. The minimum Gasteiger partial charge on any atom is -0.496 e. The summed E-state index contributed by atoms with van der Waals surface area (Å²) in [5.41, 5.74) is 2.31. The molecule has 1 atom stereocenters. The molecule has 0 saturated heterocycles. The number of ether oxygens (including phenoxy) is 2. The normalized spacial score (nSPS) is 11.7. The lowest BCUT2D eigenvalue weighted by atomic mass is 10.2. The van der Waals surface area contributed by atoms with Crippen LogP contribution in [0, 0.1) is 0 Å². The summed E-state index contributed by atoms with van der Waals surface area (Å²) in [6.45, 7) is 1.45. The molecule has 0 fully saturated rings. The van der Waals surface area contributed by atoms with E-state index in [1.54, 1.807) is 42.5 Å². The highest BCUT2D eigenvalue weighted by molar-refractivity contribution is 6.06. The van der Waals surface area contributed by atoms with Gasteiger partial charge in [-0.1, -0.05) is 42.5 Å². The molecule has 0 heterocycles. The quantitative estimate of drug-likeness (QED) is 0.522. The van der Waals surface area contributed by atoms with Crippen molar-refractivity contribution < 1.29 is 19.4 Å². The number of para-hydroxylation sites is 1. The Kier molecular flexibility index (Phi) is 8.04. The molecular formula is C25H28N2O4. The van der Waals surface area contributed by atoms with E-state index in [1.807, 2.05) is 31.3 Å². The number of rotatable bonds is 10. The molecule has 1 amide bonds.